The Morgan fingerprint density at radius 3 is 3.00 bits per heavy atom. The van der Waals surface area contributed by atoms with Crippen LogP contribution in [0.4, 0.5) is 4.39 Å². The summed E-state index contributed by atoms with van der Waals surface area (Å²) in [4.78, 5) is 0.332. The molecule has 2 heterocycles. The van der Waals surface area contributed by atoms with Crippen molar-refractivity contribution < 1.29 is 14.2 Å². The van der Waals surface area contributed by atoms with Gasteiger partial charge in [-0.1, -0.05) is 0 Å². The Kier molecular flexibility index (Phi) is 2.84. The van der Waals surface area contributed by atoms with Gasteiger partial charge in [-0.2, -0.15) is 0 Å². The molecule has 1 aliphatic rings. The first-order chi connectivity index (χ1) is 6.79. The van der Waals surface area contributed by atoms with Crippen molar-refractivity contribution in [1.82, 2.24) is 0 Å². The molecule has 0 fully saturated rings. The third-order valence-electron chi connectivity index (χ3n) is 2.13. The summed E-state index contributed by atoms with van der Waals surface area (Å²) in [5.74, 6) is 0.121. The highest BCUT2D eigenvalue weighted by Crippen LogP contribution is 2.30. The number of halogens is 1. The first-order valence-corrected chi connectivity index (χ1v) is 5.41. The minimum Gasteiger partial charge on any atom is -0.495 e. The van der Waals surface area contributed by atoms with Crippen LogP contribution in [0.2, 0.25) is 0 Å². The van der Waals surface area contributed by atoms with E-state index in [2.05, 4.69) is 0 Å². The summed E-state index contributed by atoms with van der Waals surface area (Å²) in [6.45, 7) is 0.607. The molecule has 2 nitrogen and oxygen atoms in total. The topological polar surface area (TPSA) is 29.5 Å². The Balaban J connectivity index is 2.19. The van der Waals surface area contributed by atoms with Gasteiger partial charge in [0.25, 0.3) is 0 Å². The van der Waals surface area contributed by atoms with Crippen molar-refractivity contribution in [3.05, 3.63) is 34.0 Å². The SMILES string of the molecule is OC(C1=CCCCO1)c1sccc1F. The van der Waals surface area contributed by atoms with Crippen LogP contribution in [0.1, 0.15) is 23.8 Å². The maximum Gasteiger partial charge on any atom is 0.148 e. The van der Waals surface area contributed by atoms with Gasteiger partial charge in [0.1, 0.15) is 17.7 Å². The Hall–Kier alpha value is -0.870. The van der Waals surface area contributed by atoms with Crippen LogP contribution in [0.25, 0.3) is 0 Å². The lowest BCUT2D eigenvalue weighted by Gasteiger charge is -2.18. The number of thiophene rings is 1. The fourth-order valence-electron chi connectivity index (χ4n) is 1.40. The van der Waals surface area contributed by atoms with E-state index in [4.69, 9.17) is 4.74 Å². The molecule has 0 bridgehead atoms. The lowest BCUT2D eigenvalue weighted by atomic mass is 10.1. The molecule has 1 aliphatic heterocycles. The van der Waals surface area contributed by atoms with Crippen LogP contribution < -0.4 is 0 Å². The molecule has 76 valence electrons. The minimum absolute atomic E-state index is 0.332. The number of aliphatic hydroxyl groups is 1. The molecule has 0 aromatic carbocycles. The van der Waals surface area contributed by atoms with Crippen molar-refractivity contribution in [3.63, 3.8) is 0 Å². The van der Waals surface area contributed by atoms with Crippen molar-refractivity contribution in [2.75, 3.05) is 6.61 Å². The predicted octanol–water partition coefficient (Wildman–Crippen LogP) is 2.61. The molecule has 4 heteroatoms. The molecule has 2 rings (SSSR count). The lowest BCUT2D eigenvalue weighted by molar-refractivity contribution is 0.0918. The molecule has 1 N–H and O–H groups in total. The molecule has 0 saturated carbocycles. The van der Waals surface area contributed by atoms with Crippen LogP contribution in [0.15, 0.2) is 23.3 Å². The van der Waals surface area contributed by atoms with Crippen LogP contribution in [0.5, 0.6) is 0 Å². The zero-order valence-electron chi connectivity index (χ0n) is 7.57. The average Bonchev–Trinajstić information content (AvgIpc) is 2.65. The quantitative estimate of drug-likeness (QED) is 0.820. The van der Waals surface area contributed by atoms with Crippen LogP contribution in [-0.2, 0) is 4.74 Å². The van der Waals surface area contributed by atoms with Crippen molar-refractivity contribution >= 4 is 11.3 Å². The summed E-state index contributed by atoms with van der Waals surface area (Å²) in [5, 5.41) is 11.4. The summed E-state index contributed by atoms with van der Waals surface area (Å²) < 4.78 is 18.4. The molecule has 1 atom stereocenters. The normalized spacial score (nSPS) is 18.6. The van der Waals surface area contributed by atoms with Gasteiger partial charge in [0, 0.05) is 0 Å². The molecule has 0 spiro atoms. The monoisotopic (exact) mass is 214 g/mol. The Morgan fingerprint density at radius 1 is 1.57 bits per heavy atom. The highest BCUT2D eigenvalue weighted by Gasteiger charge is 2.21. The second kappa shape index (κ2) is 4.11. The zero-order chi connectivity index (χ0) is 9.97. The first-order valence-electron chi connectivity index (χ1n) is 4.53. The highest BCUT2D eigenvalue weighted by molar-refractivity contribution is 7.10. The van der Waals surface area contributed by atoms with E-state index >= 15 is 0 Å². The number of aliphatic hydroxyl groups excluding tert-OH is 1. The number of hydrogen-bond donors (Lipinski definition) is 1. The third kappa shape index (κ3) is 1.81. The van der Waals surface area contributed by atoms with Crippen LogP contribution >= 0.6 is 11.3 Å². The fourth-order valence-corrected chi connectivity index (χ4v) is 2.16. The second-order valence-corrected chi connectivity index (χ2v) is 4.08. The predicted molar refractivity (Wildman–Crippen MR) is 52.5 cm³/mol. The van der Waals surface area contributed by atoms with Gasteiger partial charge in [-0.3, -0.25) is 0 Å². The number of hydrogen-bond acceptors (Lipinski definition) is 3. The number of rotatable bonds is 2. The molecule has 0 aliphatic carbocycles. The summed E-state index contributed by atoms with van der Waals surface area (Å²) >= 11 is 1.21. The molecule has 0 saturated heterocycles. The molecule has 14 heavy (non-hydrogen) atoms. The lowest BCUT2D eigenvalue weighted by Crippen LogP contribution is -2.09. The Bertz CT molecular complexity index is 346. The van der Waals surface area contributed by atoms with E-state index in [1.165, 1.54) is 17.4 Å². The van der Waals surface area contributed by atoms with Crippen molar-refractivity contribution in [2.45, 2.75) is 18.9 Å². The third-order valence-corrected chi connectivity index (χ3v) is 3.07. The fraction of sp³-hybridized carbons (Fsp3) is 0.400. The van der Waals surface area contributed by atoms with Crippen LogP contribution in [0, 0.1) is 5.82 Å². The van der Waals surface area contributed by atoms with E-state index in [9.17, 15) is 9.50 Å². The highest BCUT2D eigenvalue weighted by atomic mass is 32.1. The standard InChI is InChI=1S/C10H11FO2S/c11-7-4-6-14-10(7)9(12)8-3-1-2-5-13-8/h3-4,6,9,12H,1-2,5H2. The van der Waals surface area contributed by atoms with Crippen LogP contribution in [0.3, 0.4) is 0 Å². The first kappa shape index (κ1) is 9.68. The van der Waals surface area contributed by atoms with E-state index in [1.54, 1.807) is 5.38 Å². The molecule has 1 aromatic rings. The Morgan fingerprint density at radius 2 is 2.43 bits per heavy atom. The molecular weight excluding hydrogens is 203 g/mol. The van der Waals surface area contributed by atoms with Gasteiger partial charge in [0.15, 0.2) is 0 Å². The van der Waals surface area contributed by atoms with E-state index in [0.29, 0.717) is 17.2 Å². The number of allylic oxidation sites excluding steroid dienone is 1. The van der Waals surface area contributed by atoms with Gasteiger partial charge >= 0.3 is 0 Å². The minimum atomic E-state index is -0.935. The average molecular weight is 214 g/mol. The van der Waals surface area contributed by atoms with E-state index < -0.39 is 6.10 Å². The summed E-state index contributed by atoms with van der Waals surface area (Å²) in [5.41, 5.74) is 0. The van der Waals surface area contributed by atoms with Gasteiger partial charge in [-0.15, -0.1) is 11.3 Å². The van der Waals surface area contributed by atoms with Gasteiger partial charge in [-0.25, -0.2) is 4.39 Å². The second-order valence-electron chi connectivity index (χ2n) is 3.13. The van der Waals surface area contributed by atoms with E-state index in [1.807, 2.05) is 6.08 Å². The van der Waals surface area contributed by atoms with E-state index in [-0.39, 0.29) is 5.82 Å². The molecule has 1 aromatic heterocycles. The van der Waals surface area contributed by atoms with Gasteiger partial charge in [0.05, 0.1) is 11.5 Å². The maximum atomic E-state index is 13.1. The van der Waals surface area contributed by atoms with Crippen molar-refractivity contribution in [3.8, 4) is 0 Å². The summed E-state index contributed by atoms with van der Waals surface area (Å²) in [6, 6.07) is 1.35. The van der Waals surface area contributed by atoms with Gasteiger partial charge in [-0.05, 0) is 30.4 Å². The smallest absolute Gasteiger partial charge is 0.148 e. The Labute approximate surface area is 85.6 Å². The summed E-state index contributed by atoms with van der Waals surface area (Å²) in [7, 11) is 0. The number of ether oxygens (including phenoxy) is 1. The molecule has 0 radical (unpaired) electrons. The largest absolute Gasteiger partial charge is 0.495 e. The van der Waals surface area contributed by atoms with Gasteiger partial charge < -0.3 is 9.84 Å². The maximum absolute atomic E-state index is 13.1. The zero-order valence-corrected chi connectivity index (χ0v) is 8.39. The summed E-state index contributed by atoms with van der Waals surface area (Å²) in [6.07, 6.45) is 2.74. The van der Waals surface area contributed by atoms with Gasteiger partial charge in [0.2, 0.25) is 0 Å². The van der Waals surface area contributed by atoms with Crippen molar-refractivity contribution in [1.29, 1.82) is 0 Å². The van der Waals surface area contributed by atoms with Crippen LogP contribution in [-0.4, -0.2) is 11.7 Å². The molecular formula is C10H11FO2S. The van der Waals surface area contributed by atoms with Crippen molar-refractivity contribution in [2.24, 2.45) is 0 Å². The molecule has 1 unspecified atom stereocenters. The van der Waals surface area contributed by atoms with E-state index in [0.717, 1.165) is 12.8 Å². The molecule has 0 amide bonds.